The summed E-state index contributed by atoms with van der Waals surface area (Å²) in [5, 5.41) is 33.5. The van der Waals surface area contributed by atoms with Crippen molar-refractivity contribution in [2.24, 2.45) is 0 Å². The Labute approximate surface area is 276 Å². The average molecular weight is 698 g/mol. The number of nitrogens with one attached hydrogen (secondary N) is 1. The van der Waals surface area contributed by atoms with Gasteiger partial charge in [0.2, 0.25) is 17.5 Å². The van der Waals surface area contributed by atoms with E-state index in [1.807, 2.05) is 0 Å². The second-order valence-corrected chi connectivity index (χ2v) is 12.3. The molecule has 1 aromatic heterocycles. The minimum Gasteiger partial charge on any atom is -0.486 e. The summed E-state index contributed by atoms with van der Waals surface area (Å²) >= 11 is 0. The minimum atomic E-state index is -5.10. The number of alkyl carbamates (subject to hydrolysis) is 1. The topological polar surface area (TPSA) is 192 Å². The van der Waals surface area contributed by atoms with Crippen LogP contribution in [0.2, 0.25) is 0 Å². The summed E-state index contributed by atoms with van der Waals surface area (Å²) in [6.45, 7) is 5.97. The molecule has 14 nitrogen and oxygen atoms in total. The van der Waals surface area contributed by atoms with Crippen molar-refractivity contribution in [1.29, 1.82) is 0 Å². The monoisotopic (exact) mass is 697 g/mol. The van der Waals surface area contributed by atoms with Gasteiger partial charge in [0.25, 0.3) is 0 Å². The molecule has 2 aromatic carbocycles. The molecule has 49 heavy (non-hydrogen) atoms. The van der Waals surface area contributed by atoms with Crippen LogP contribution in [0.5, 0.6) is 17.2 Å². The van der Waals surface area contributed by atoms with Crippen LogP contribution >= 0.6 is 0 Å². The molecule has 5 rings (SSSR count). The fourth-order valence-electron chi connectivity index (χ4n) is 5.03. The van der Waals surface area contributed by atoms with Gasteiger partial charge in [0.1, 0.15) is 67.2 Å². The van der Waals surface area contributed by atoms with Crippen LogP contribution in [0.25, 0.3) is 22.1 Å². The van der Waals surface area contributed by atoms with Crippen LogP contribution in [0, 0.1) is 0 Å². The van der Waals surface area contributed by atoms with Gasteiger partial charge in [-0.3, -0.25) is 4.79 Å². The zero-order chi connectivity index (χ0) is 35.8. The first kappa shape index (κ1) is 35.7. The molecule has 4 N–H and O–H groups in total. The Hall–Kier alpha value is -4.58. The van der Waals surface area contributed by atoms with Crippen LogP contribution in [0.3, 0.4) is 0 Å². The van der Waals surface area contributed by atoms with Crippen LogP contribution in [-0.2, 0) is 25.2 Å². The lowest BCUT2D eigenvalue weighted by Crippen LogP contribution is -2.60. The number of aliphatic hydroxyl groups excluding tert-OH is 3. The Morgan fingerprint density at radius 2 is 1.67 bits per heavy atom. The fourth-order valence-corrected chi connectivity index (χ4v) is 5.03. The summed E-state index contributed by atoms with van der Waals surface area (Å²) < 4.78 is 80.2. The number of rotatable bonds is 7. The number of alkyl halides is 3. The number of amides is 1. The van der Waals surface area contributed by atoms with E-state index in [9.17, 15) is 42.9 Å². The SMILES string of the molecule is C[C@@H](NC(=O)OC(C)(C)C)C(=O)OC[C@@H]1O[C@@H](Oc2ccc3c(=O)c(-c4ccc5c(c4)OCCO5)c(C(F)(F)F)oc3c2)[C@@H](O)[C@H](O)[C@@H]1O. The molecular formula is C32H34F3NO13. The lowest BCUT2D eigenvalue weighted by molar-refractivity contribution is -0.278. The smallest absolute Gasteiger partial charge is 0.450 e. The summed E-state index contributed by atoms with van der Waals surface area (Å²) in [5.74, 6) is -2.29. The molecule has 0 saturated carbocycles. The number of carbonyl (C=O) groups is 2. The number of fused-ring (bicyclic) bond motifs is 2. The van der Waals surface area contributed by atoms with Crippen molar-refractivity contribution in [3.8, 4) is 28.4 Å². The molecule has 266 valence electrons. The molecule has 0 radical (unpaired) electrons. The molecule has 0 spiro atoms. The second kappa shape index (κ2) is 13.7. The number of halogens is 3. The quantitative estimate of drug-likeness (QED) is 0.264. The number of aliphatic hydroxyl groups is 3. The average Bonchev–Trinajstić information content (AvgIpc) is 3.02. The van der Waals surface area contributed by atoms with Crippen molar-refractivity contribution in [2.75, 3.05) is 19.8 Å². The van der Waals surface area contributed by atoms with E-state index in [-0.39, 0.29) is 35.7 Å². The third kappa shape index (κ3) is 8.01. The molecule has 0 bridgehead atoms. The Kier molecular flexibility index (Phi) is 10.0. The molecule has 3 aromatic rings. The highest BCUT2D eigenvalue weighted by atomic mass is 19.4. The largest absolute Gasteiger partial charge is 0.486 e. The number of benzene rings is 2. The molecule has 1 fully saturated rings. The highest BCUT2D eigenvalue weighted by Gasteiger charge is 2.46. The minimum absolute atomic E-state index is 0.111. The third-order valence-corrected chi connectivity index (χ3v) is 7.35. The number of hydrogen-bond acceptors (Lipinski definition) is 13. The maximum absolute atomic E-state index is 14.2. The number of esters is 1. The van der Waals surface area contributed by atoms with E-state index >= 15 is 0 Å². The number of carbonyl (C=O) groups excluding carboxylic acids is 2. The van der Waals surface area contributed by atoms with Crippen molar-refractivity contribution < 1.29 is 70.9 Å². The lowest BCUT2D eigenvalue weighted by atomic mass is 9.99. The Morgan fingerprint density at radius 3 is 2.35 bits per heavy atom. The van der Waals surface area contributed by atoms with E-state index in [1.165, 1.54) is 31.2 Å². The van der Waals surface area contributed by atoms with Crippen molar-refractivity contribution in [3.63, 3.8) is 0 Å². The van der Waals surface area contributed by atoms with Crippen LogP contribution < -0.4 is 25.0 Å². The van der Waals surface area contributed by atoms with E-state index in [0.717, 1.165) is 12.1 Å². The van der Waals surface area contributed by atoms with E-state index in [4.69, 9.17) is 32.8 Å². The molecule has 1 saturated heterocycles. The van der Waals surface area contributed by atoms with Crippen LogP contribution in [0.1, 0.15) is 33.5 Å². The van der Waals surface area contributed by atoms with Crippen LogP contribution in [0.15, 0.2) is 45.6 Å². The maximum Gasteiger partial charge on any atom is 0.450 e. The number of ether oxygens (including phenoxy) is 6. The summed E-state index contributed by atoms with van der Waals surface area (Å²) in [6.07, 6.45) is -14.7. The molecule has 17 heteroatoms. The Morgan fingerprint density at radius 1 is 0.980 bits per heavy atom. The van der Waals surface area contributed by atoms with Gasteiger partial charge in [-0.15, -0.1) is 0 Å². The van der Waals surface area contributed by atoms with E-state index < -0.39 is 89.5 Å². The first-order valence-corrected chi connectivity index (χ1v) is 15.0. The maximum atomic E-state index is 14.2. The Bertz CT molecular complexity index is 1770. The van der Waals surface area contributed by atoms with E-state index in [2.05, 4.69) is 5.32 Å². The fraction of sp³-hybridized carbons (Fsp3) is 0.469. The van der Waals surface area contributed by atoms with Gasteiger partial charge in [0.15, 0.2) is 11.5 Å². The summed E-state index contributed by atoms with van der Waals surface area (Å²) in [5.41, 5.74) is -3.20. The summed E-state index contributed by atoms with van der Waals surface area (Å²) in [4.78, 5) is 37.9. The van der Waals surface area contributed by atoms with Gasteiger partial charge in [-0.05, 0) is 57.5 Å². The highest BCUT2D eigenvalue weighted by Crippen LogP contribution is 2.41. The zero-order valence-corrected chi connectivity index (χ0v) is 26.6. The van der Waals surface area contributed by atoms with Gasteiger partial charge in [-0.1, -0.05) is 6.07 Å². The molecule has 2 aliphatic rings. The van der Waals surface area contributed by atoms with Gasteiger partial charge in [-0.25, -0.2) is 9.59 Å². The molecular weight excluding hydrogens is 663 g/mol. The standard InChI is InChI=1S/C32H34F3NO13/c1-14(36-30(42)49-31(2,3)4)28(41)45-13-21-24(38)25(39)26(40)29(48-21)46-16-6-7-17-19(12-16)47-27(32(33,34)35)22(23(17)37)15-5-8-18-20(11-15)44-10-9-43-18/h5-8,11-12,14,21,24-26,29,38-40H,9-10,13H2,1-4H3,(H,36,42)/t14-,21+,24-,25-,26+,29-/m1/s1. The zero-order valence-electron chi connectivity index (χ0n) is 26.6. The first-order valence-electron chi connectivity index (χ1n) is 15.0. The molecule has 1 amide bonds. The van der Waals surface area contributed by atoms with Gasteiger partial charge in [-0.2, -0.15) is 13.2 Å². The van der Waals surface area contributed by atoms with Gasteiger partial charge < -0.3 is 53.5 Å². The normalized spacial score (nSPS) is 23.0. The van der Waals surface area contributed by atoms with E-state index in [0.29, 0.717) is 5.75 Å². The van der Waals surface area contributed by atoms with Crippen LogP contribution in [0.4, 0.5) is 18.0 Å². The molecule has 2 aliphatic heterocycles. The lowest BCUT2D eigenvalue weighted by Gasteiger charge is -2.40. The van der Waals surface area contributed by atoms with Crippen molar-refractivity contribution >= 4 is 23.0 Å². The van der Waals surface area contributed by atoms with Gasteiger partial charge >= 0.3 is 18.2 Å². The molecule has 0 aliphatic carbocycles. The highest BCUT2D eigenvalue weighted by molar-refractivity contribution is 5.84. The molecule has 0 unspecified atom stereocenters. The number of hydrogen-bond donors (Lipinski definition) is 4. The summed E-state index contributed by atoms with van der Waals surface area (Å²) in [7, 11) is 0. The second-order valence-electron chi connectivity index (χ2n) is 12.3. The van der Waals surface area contributed by atoms with Crippen molar-refractivity contribution in [3.05, 3.63) is 52.4 Å². The van der Waals surface area contributed by atoms with Crippen molar-refractivity contribution in [1.82, 2.24) is 5.32 Å². The first-order chi connectivity index (χ1) is 22.9. The molecule has 3 heterocycles. The van der Waals surface area contributed by atoms with Crippen LogP contribution in [-0.4, -0.2) is 89.6 Å². The third-order valence-electron chi connectivity index (χ3n) is 7.35. The van der Waals surface area contributed by atoms with Gasteiger partial charge in [0.05, 0.1) is 10.9 Å². The Balaban J connectivity index is 1.35. The summed E-state index contributed by atoms with van der Waals surface area (Å²) in [6, 6.07) is 6.07. The van der Waals surface area contributed by atoms with Gasteiger partial charge in [0, 0.05) is 6.07 Å². The predicted molar refractivity (Wildman–Crippen MR) is 161 cm³/mol. The van der Waals surface area contributed by atoms with Crippen molar-refractivity contribution in [2.45, 2.75) is 76.2 Å². The predicted octanol–water partition coefficient (Wildman–Crippen LogP) is 2.89. The van der Waals surface area contributed by atoms with E-state index in [1.54, 1.807) is 20.8 Å². The molecule has 6 atom stereocenters.